The third-order valence-electron chi connectivity index (χ3n) is 3.28. The van der Waals surface area contributed by atoms with Crippen LogP contribution in [0.5, 0.6) is 0 Å². The van der Waals surface area contributed by atoms with Crippen molar-refractivity contribution in [3.05, 3.63) is 35.9 Å². The molecule has 0 aliphatic heterocycles. The molecule has 1 aromatic carbocycles. The van der Waals surface area contributed by atoms with Crippen LogP contribution in [0.15, 0.2) is 30.3 Å². The van der Waals surface area contributed by atoms with E-state index >= 15 is 0 Å². The Kier molecular flexibility index (Phi) is 7.30. The van der Waals surface area contributed by atoms with Gasteiger partial charge in [0.05, 0.1) is 6.54 Å². The zero-order chi connectivity index (χ0) is 14.0. The number of unbranched alkanes of at least 4 members (excludes halogenated alkanes) is 2. The van der Waals surface area contributed by atoms with Gasteiger partial charge in [-0.2, -0.15) is 0 Å². The SMILES string of the molecule is CCCCCC(C)(C)CNCC#Cc1ccccc1. The molecule has 104 valence electrons. The van der Waals surface area contributed by atoms with E-state index in [-0.39, 0.29) is 0 Å². The molecule has 0 unspecified atom stereocenters. The van der Waals surface area contributed by atoms with Gasteiger partial charge in [-0.3, -0.25) is 0 Å². The third-order valence-corrected chi connectivity index (χ3v) is 3.28. The Balaban J connectivity index is 2.21. The molecule has 1 aromatic rings. The van der Waals surface area contributed by atoms with E-state index in [0.29, 0.717) is 5.41 Å². The molecule has 0 radical (unpaired) electrons. The fourth-order valence-electron chi connectivity index (χ4n) is 2.07. The van der Waals surface area contributed by atoms with Crippen molar-refractivity contribution in [3.8, 4) is 11.8 Å². The summed E-state index contributed by atoms with van der Waals surface area (Å²) in [5.41, 5.74) is 1.47. The summed E-state index contributed by atoms with van der Waals surface area (Å²) >= 11 is 0. The van der Waals surface area contributed by atoms with E-state index < -0.39 is 0 Å². The van der Waals surface area contributed by atoms with Gasteiger partial charge in [-0.15, -0.1) is 0 Å². The lowest BCUT2D eigenvalue weighted by Crippen LogP contribution is -2.29. The fourth-order valence-corrected chi connectivity index (χ4v) is 2.07. The standard InChI is InChI=1S/C18H27N/c1-4-5-9-14-18(2,3)16-19-15-10-13-17-11-7-6-8-12-17/h6-8,11-12,19H,4-5,9,14-16H2,1-3H3. The van der Waals surface area contributed by atoms with Gasteiger partial charge >= 0.3 is 0 Å². The first-order valence-electron chi connectivity index (χ1n) is 7.39. The van der Waals surface area contributed by atoms with Gasteiger partial charge in [0.15, 0.2) is 0 Å². The second-order valence-electron chi connectivity index (χ2n) is 5.89. The molecule has 0 aliphatic carbocycles. The zero-order valence-corrected chi connectivity index (χ0v) is 12.6. The topological polar surface area (TPSA) is 12.0 Å². The fraction of sp³-hybridized carbons (Fsp3) is 0.556. The molecule has 0 heterocycles. The van der Waals surface area contributed by atoms with Crippen molar-refractivity contribution in [1.82, 2.24) is 5.32 Å². The second kappa shape index (κ2) is 8.77. The van der Waals surface area contributed by atoms with Gasteiger partial charge in [0.2, 0.25) is 0 Å². The summed E-state index contributed by atoms with van der Waals surface area (Å²) in [7, 11) is 0. The summed E-state index contributed by atoms with van der Waals surface area (Å²) in [6, 6.07) is 10.1. The third kappa shape index (κ3) is 7.70. The van der Waals surface area contributed by atoms with E-state index in [4.69, 9.17) is 0 Å². The molecule has 0 saturated heterocycles. The number of rotatable bonds is 7. The molecular formula is C18H27N. The summed E-state index contributed by atoms with van der Waals surface area (Å²) in [6.07, 6.45) is 5.27. The first-order valence-corrected chi connectivity index (χ1v) is 7.39. The van der Waals surface area contributed by atoms with Crippen LogP contribution in [0.2, 0.25) is 0 Å². The summed E-state index contributed by atoms with van der Waals surface area (Å²) in [5.74, 6) is 6.35. The Morgan fingerprint density at radius 2 is 1.84 bits per heavy atom. The molecule has 0 atom stereocenters. The van der Waals surface area contributed by atoms with Gasteiger partial charge in [0.25, 0.3) is 0 Å². The van der Waals surface area contributed by atoms with E-state index in [0.717, 1.165) is 18.7 Å². The van der Waals surface area contributed by atoms with Crippen LogP contribution in [-0.2, 0) is 0 Å². The minimum absolute atomic E-state index is 0.379. The Morgan fingerprint density at radius 1 is 1.11 bits per heavy atom. The molecule has 1 heteroatoms. The Morgan fingerprint density at radius 3 is 2.53 bits per heavy atom. The van der Waals surface area contributed by atoms with Gasteiger partial charge in [0, 0.05) is 12.1 Å². The highest BCUT2D eigenvalue weighted by Gasteiger charge is 2.15. The van der Waals surface area contributed by atoms with Crippen LogP contribution in [0, 0.1) is 17.3 Å². The summed E-state index contributed by atoms with van der Waals surface area (Å²) in [5, 5.41) is 3.45. The Hall–Kier alpha value is -1.26. The molecule has 19 heavy (non-hydrogen) atoms. The number of hydrogen-bond acceptors (Lipinski definition) is 1. The minimum atomic E-state index is 0.379. The summed E-state index contributed by atoms with van der Waals surface area (Å²) in [4.78, 5) is 0. The quantitative estimate of drug-likeness (QED) is 0.569. The maximum atomic E-state index is 3.45. The molecule has 1 nitrogen and oxygen atoms in total. The normalized spacial score (nSPS) is 10.9. The van der Waals surface area contributed by atoms with Crippen LogP contribution in [0.4, 0.5) is 0 Å². The first kappa shape index (κ1) is 15.8. The van der Waals surface area contributed by atoms with Crippen LogP contribution in [-0.4, -0.2) is 13.1 Å². The highest BCUT2D eigenvalue weighted by molar-refractivity contribution is 5.33. The van der Waals surface area contributed by atoms with Gasteiger partial charge in [-0.25, -0.2) is 0 Å². The summed E-state index contributed by atoms with van der Waals surface area (Å²) < 4.78 is 0. The van der Waals surface area contributed by atoms with Crippen molar-refractivity contribution in [2.45, 2.75) is 46.5 Å². The molecule has 0 amide bonds. The van der Waals surface area contributed by atoms with Crippen LogP contribution in [0.3, 0.4) is 0 Å². The van der Waals surface area contributed by atoms with E-state index in [9.17, 15) is 0 Å². The van der Waals surface area contributed by atoms with Crippen molar-refractivity contribution in [3.63, 3.8) is 0 Å². The van der Waals surface area contributed by atoms with Gasteiger partial charge in [0.1, 0.15) is 0 Å². The van der Waals surface area contributed by atoms with E-state index in [2.05, 4.69) is 37.9 Å². The average Bonchev–Trinajstić information content (AvgIpc) is 2.39. The predicted octanol–water partition coefficient (Wildman–Crippen LogP) is 4.23. The van der Waals surface area contributed by atoms with E-state index in [1.807, 2.05) is 30.3 Å². The molecule has 0 fully saturated rings. The summed E-state index contributed by atoms with van der Waals surface area (Å²) in [6.45, 7) is 8.73. The number of benzene rings is 1. The lowest BCUT2D eigenvalue weighted by Gasteiger charge is -2.24. The van der Waals surface area contributed by atoms with Crippen LogP contribution >= 0.6 is 0 Å². The van der Waals surface area contributed by atoms with Crippen LogP contribution < -0.4 is 5.32 Å². The Labute approximate surface area is 118 Å². The molecule has 1 N–H and O–H groups in total. The highest BCUT2D eigenvalue weighted by atomic mass is 14.9. The molecular weight excluding hydrogens is 230 g/mol. The molecule has 0 aromatic heterocycles. The van der Waals surface area contributed by atoms with Gasteiger partial charge < -0.3 is 5.32 Å². The van der Waals surface area contributed by atoms with Crippen molar-refractivity contribution in [1.29, 1.82) is 0 Å². The van der Waals surface area contributed by atoms with Gasteiger partial charge in [-0.05, 0) is 24.0 Å². The maximum absolute atomic E-state index is 3.45. The smallest absolute Gasteiger partial charge is 0.0580 e. The zero-order valence-electron chi connectivity index (χ0n) is 12.6. The van der Waals surface area contributed by atoms with Crippen LogP contribution in [0.25, 0.3) is 0 Å². The molecule has 0 saturated carbocycles. The number of nitrogens with one attached hydrogen (secondary N) is 1. The number of hydrogen-bond donors (Lipinski definition) is 1. The Bertz CT molecular complexity index is 395. The van der Waals surface area contributed by atoms with Gasteiger partial charge in [-0.1, -0.05) is 70.1 Å². The van der Waals surface area contributed by atoms with Crippen molar-refractivity contribution < 1.29 is 0 Å². The average molecular weight is 257 g/mol. The largest absolute Gasteiger partial charge is 0.306 e. The molecule has 1 rings (SSSR count). The van der Waals surface area contributed by atoms with E-state index in [1.54, 1.807) is 0 Å². The lowest BCUT2D eigenvalue weighted by atomic mass is 9.87. The maximum Gasteiger partial charge on any atom is 0.0580 e. The van der Waals surface area contributed by atoms with Crippen molar-refractivity contribution in [2.75, 3.05) is 13.1 Å². The highest BCUT2D eigenvalue weighted by Crippen LogP contribution is 2.22. The molecule has 0 spiro atoms. The van der Waals surface area contributed by atoms with E-state index in [1.165, 1.54) is 25.7 Å². The first-order chi connectivity index (χ1) is 9.14. The molecule has 0 aliphatic rings. The van der Waals surface area contributed by atoms with Crippen molar-refractivity contribution >= 4 is 0 Å². The molecule has 0 bridgehead atoms. The van der Waals surface area contributed by atoms with Crippen molar-refractivity contribution in [2.24, 2.45) is 5.41 Å². The minimum Gasteiger partial charge on any atom is -0.306 e. The monoisotopic (exact) mass is 257 g/mol. The van der Waals surface area contributed by atoms with Crippen LogP contribution in [0.1, 0.15) is 52.0 Å². The second-order valence-corrected chi connectivity index (χ2v) is 5.89. The predicted molar refractivity (Wildman–Crippen MR) is 84.1 cm³/mol. The lowest BCUT2D eigenvalue weighted by molar-refractivity contribution is 0.308.